The van der Waals surface area contributed by atoms with E-state index < -0.39 is 6.10 Å². The lowest BCUT2D eigenvalue weighted by Gasteiger charge is -2.23. The Balaban J connectivity index is 2.19. The summed E-state index contributed by atoms with van der Waals surface area (Å²) in [5, 5.41) is 2.86. The fraction of sp³-hybridized carbons (Fsp3) is 0.462. The van der Waals surface area contributed by atoms with Gasteiger partial charge < -0.3 is 10.1 Å². The number of ether oxygens (including phenoxy) is 1. The molecule has 1 aromatic carbocycles. The van der Waals surface area contributed by atoms with E-state index in [9.17, 15) is 4.79 Å². The molecule has 1 N–H and O–H groups in total. The highest BCUT2D eigenvalue weighted by atomic mass is 16.5. The van der Waals surface area contributed by atoms with Gasteiger partial charge in [-0.15, -0.1) is 0 Å². The van der Waals surface area contributed by atoms with Gasteiger partial charge >= 0.3 is 0 Å². The summed E-state index contributed by atoms with van der Waals surface area (Å²) in [5.74, 6) is 0.701. The van der Waals surface area contributed by atoms with E-state index in [0.717, 1.165) is 17.9 Å². The summed E-state index contributed by atoms with van der Waals surface area (Å²) in [5.41, 5.74) is 2.05. The Morgan fingerprint density at radius 3 is 3.00 bits per heavy atom. The monoisotopic (exact) mass is 219 g/mol. The van der Waals surface area contributed by atoms with Crippen molar-refractivity contribution in [3.05, 3.63) is 23.8 Å². The third-order valence-corrected chi connectivity index (χ3v) is 2.79. The number of nitrogens with one attached hydrogen (secondary N) is 1. The fourth-order valence-corrected chi connectivity index (χ4v) is 1.79. The van der Waals surface area contributed by atoms with Crippen LogP contribution in [0.5, 0.6) is 5.75 Å². The van der Waals surface area contributed by atoms with E-state index in [1.165, 1.54) is 18.4 Å². The quantitative estimate of drug-likeness (QED) is 0.848. The summed E-state index contributed by atoms with van der Waals surface area (Å²) < 4.78 is 5.49. The minimum atomic E-state index is -0.394. The average Bonchev–Trinajstić information content (AvgIpc) is 2.28. The zero-order valence-electron chi connectivity index (χ0n) is 9.75. The molecule has 1 unspecified atom stereocenters. The van der Waals surface area contributed by atoms with E-state index in [2.05, 4.69) is 18.3 Å². The summed E-state index contributed by atoms with van der Waals surface area (Å²) in [6.45, 7) is 3.92. The SMILES string of the molecule is CCCCc1ccc2c(c1)NC(=O)C(C)O2. The third kappa shape index (κ3) is 2.18. The zero-order valence-corrected chi connectivity index (χ0v) is 9.75. The molecule has 1 heterocycles. The van der Waals surface area contributed by atoms with Crippen molar-refractivity contribution in [1.29, 1.82) is 0 Å². The molecule has 1 aliphatic heterocycles. The molecule has 0 fully saturated rings. The minimum Gasteiger partial charge on any atom is -0.479 e. The van der Waals surface area contributed by atoms with E-state index >= 15 is 0 Å². The molecular weight excluding hydrogens is 202 g/mol. The molecule has 0 radical (unpaired) electrons. The predicted molar refractivity (Wildman–Crippen MR) is 63.8 cm³/mol. The smallest absolute Gasteiger partial charge is 0.265 e. The topological polar surface area (TPSA) is 38.3 Å². The first-order valence-electron chi connectivity index (χ1n) is 5.81. The standard InChI is InChI=1S/C13H17NO2/c1-3-4-5-10-6-7-12-11(8-10)14-13(15)9(2)16-12/h6-9H,3-5H2,1-2H3,(H,14,15). The Morgan fingerprint density at radius 2 is 2.25 bits per heavy atom. The Morgan fingerprint density at radius 1 is 1.44 bits per heavy atom. The summed E-state index contributed by atoms with van der Waals surface area (Å²) in [4.78, 5) is 11.4. The number of carbonyl (C=O) groups excluding carboxylic acids is 1. The first kappa shape index (κ1) is 11.0. The van der Waals surface area contributed by atoms with Crippen molar-refractivity contribution in [1.82, 2.24) is 0 Å². The Hall–Kier alpha value is -1.51. The number of benzene rings is 1. The van der Waals surface area contributed by atoms with Gasteiger partial charge in [-0.1, -0.05) is 19.4 Å². The van der Waals surface area contributed by atoms with Gasteiger partial charge in [0.2, 0.25) is 0 Å². The minimum absolute atomic E-state index is 0.0693. The number of rotatable bonds is 3. The average molecular weight is 219 g/mol. The van der Waals surface area contributed by atoms with Crippen LogP contribution in [0.4, 0.5) is 5.69 Å². The van der Waals surface area contributed by atoms with Gasteiger partial charge in [0.15, 0.2) is 6.10 Å². The van der Waals surface area contributed by atoms with Crippen LogP contribution in [-0.2, 0) is 11.2 Å². The number of anilines is 1. The number of aryl methyl sites for hydroxylation is 1. The van der Waals surface area contributed by atoms with E-state index in [4.69, 9.17) is 4.74 Å². The van der Waals surface area contributed by atoms with Crippen LogP contribution in [0.25, 0.3) is 0 Å². The second kappa shape index (κ2) is 4.56. The lowest BCUT2D eigenvalue weighted by Crippen LogP contribution is -2.34. The van der Waals surface area contributed by atoms with Crippen molar-refractivity contribution < 1.29 is 9.53 Å². The maximum absolute atomic E-state index is 11.4. The number of amides is 1. The third-order valence-electron chi connectivity index (χ3n) is 2.79. The van der Waals surface area contributed by atoms with Gasteiger partial charge in [-0.2, -0.15) is 0 Å². The molecule has 1 aliphatic rings. The highest BCUT2D eigenvalue weighted by Crippen LogP contribution is 2.30. The normalized spacial score (nSPS) is 18.6. The van der Waals surface area contributed by atoms with Crippen LogP contribution in [0.3, 0.4) is 0 Å². The van der Waals surface area contributed by atoms with Gasteiger partial charge in [-0.25, -0.2) is 0 Å². The molecule has 86 valence electrons. The van der Waals surface area contributed by atoms with E-state index in [0.29, 0.717) is 0 Å². The zero-order chi connectivity index (χ0) is 11.5. The van der Waals surface area contributed by atoms with E-state index in [1.807, 2.05) is 12.1 Å². The van der Waals surface area contributed by atoms with Crippen molar-refractivity contribution in [2.75, 3.05) is 5.32 Å². The van der Waals surface area contributed by atoms with Crippen molar-refractivity contribution in [2.24, 2.45) is 0 Å². The highest BCUT2D eigenvalue weighted by Gasteiger charge is 2.23. The molecule has 16 heavy (non-hydrogen) atoms. The molecule has 0 saturated heterocycles. The molecular formula is C13H17NO2. The van der Waals surface area contributed by atoms with Crippen molar-refractivity contribution in [3.63, 3.8) is 0 Å². The van der Waals surface area contributed by atoms with Gasteiger partial charge in [0.1, 0.15) is 5.75 Å². The number of hydrogen-bond acceptors (Lipinski definition) is 2. The Kier molecular flexibility index (Phi) is 3.13. The van der Waals surface area contributed by atoms with Gasteiger partial charge in [-0.3, -0.25) is 4.79 Å². The molecule has 1 aromatic rings. The first-order chi connectivity index (χ1) is 7.70. The van der Waals surface area contributed by atoms with Crippen LogP contribution >= 0.6 is 0 Å². The van der Waals surface area contributed by atoms with Gasteiger partial charge in [0.05, 0.1) is 5.69 Å². The molecule has 3 nitrogen and oxygen atoms in total. The summed E-state index contributed by atoms with van der Waals surface area (Å²) in [6.07, 6.45) is 3.00. The molecule has 3 heteroatoms. The molecule has 1 amide bonds. The van der Waals surface area contributed by atoms with Crippen LogP contribution in [0, 0.1) is 0 Å². The van der Waals surface area contributed by atoms with E-state index in [1.54, 1.807) is 6.92 Å². The lowest BCUT2D eigenvalue weighted by atomic mass is 10.1. The van der Waals surface area contributed by atoms with Crippen LogP contribution < -0.4 is 10.1 Å². The van der Waals surface area contributed by atoms with Crippen molar-refractivity contribution >= 4 is 11.6 Å². The van der Waals surface area contributed by atoms with Crippen LogP contribution in [0.15, 0.2) is 18.2 Å². The van der Waals surface area contributed by atoms with Gasteiger partial charge in [0, 0.05) is 0 Å². The fourth-order valence-electron chi connectivity index (χ4n) is 1.79. The van der Waals surface area contributed by atoms with E-state index in [-0.39, 0.29) is 5.91 Å². The Labute approximate surface area is 95.8 Å². The maximum Gasteiger partial charge on any atom is 0.265 e. The Bertz CT molecular complexity index is 401. The number of carbonyl (C=O) groups is 1. The van der Waals surface area contributed by atoms with Crippen LogP contribution in [0.1, 0.15) is 32.3 Å². The molecule has 0 aromatic heterocycles. The van der Waals surface area contributed by atoms with Crippen LogP contribution in [0.2, 0.25) is 0 Å². The van der Waals surface area contributed by atoms with Gasteiger partial charge in [-0.05, 0) is 37.5 Å². The second-order valence-corrected chi connectivity index (χ2v) is 4.18. The summed E-state index contributed by atoms with van der Waals surface area (Å²) in [7, 11) is 0. The molecule has 2 rings (SSSR count). The number of fused-ring (bicyclic) bond motifs is 1. The van der Waals surface area contributed by atoms with Crippen molar-refractivity contribution in [3.8, 4) is 5.75 Å². The highest BCUT2D eigenvalue weighted by molar-refractivity contribution is 5.97. The lowest BCUT2D eigenvalue weighted by molar-refractivity contribution is -0.122. The van der Waals surface area contributed by atoms with Crippen molar-refractivity contribution in [2.45, 2.75) is 39.2 Å². The first-order valence-corrected chi connectivity index (χ1v) is 5.81. The number of unbranched alkanes of at least 4 members (excludes halogenated alkanes) is 1. The summed E-state index contributed by atoms with van der Waals surface area (Å²) in [6, 6.07) is 6.02. The van der Waals surface area contributed by atoms with Crippen LogP contribution in [-0.4, -0.2) is 12.0 Å². The molecule has 0 spiro atoms. The second-order valence-electron chi connectivity index (χ2n) is 4.18. The summed E-state index contributed by atoms with van der Waals surface area (Å²) >= 11 is 0. The predicted octanol–water partition coefficient (Wildman–Crippen LogP) is 2.75. The number of hydrogen-bond donors (Lipinski definition) is 1. The molecule has 0 bridgehead atoms. The van der Waals surface area contributed by atoms with Gasteiger partial charge in [0.25, 0.3) is 5.91 Å². The largest absolute Gasteiger partial charge is 0.479 e. The maximum atomic E-state index is 11.4. The molecule has 0 aliphatic carbocycles. The molecule has 0 saturated carbocycles. The molecule has 1 atom stereocenters.